The molecule has 19 heavy (non-hydrogen) atoms. The molecule has 112 valence electrons. The summed E-state index contributed by atoms with van der Waals surface area (Å²) in [6, 6.07) is 0. The third-order valence-corrected chi connectivity index (χ3v) is 3.45. The van der Waals surface area contributed by atoms with E-state index in [2.05, 4.69) is 18.8 Å². The van der Waals surface area contributed by atoms with Crippen LogP contribution in [0.3, 0.4) is 0 Å². The Morgan fingerprint density at radius 2 is 1.26 bits per heavy atom. The minimum atomic E-state index is -0.00733. The highest BCUT2D eigenvalue weighted by molar-refractivity contribution is 5.91. The molecule has 0 unspecified atom stereocenters. The van der Waals surface area contributed by atoms with Gasteiger partial charge in [-0.25, -0.2) is 0 Å². The van der Waals surface area contributed by atoms with Gasteiger partial charge in [0.2, 0.25) is 5.91 Å². The average Bonchev–Trinajstić information content (AvgIpc) is 2.39. The van der Waals surface area contributed by atoms with Gasteiger partial charge in [-0.3, -0.25) is 4.79 Å². The Hall–Kier alpha value is -0.790. The number of hydrogen-bond donors (Lipinski definition) is 1. The Kier molecular flexibility index (Phi) is 13.1. The van der Waals surface area contributed by atoms with Crippen molar-refractivity contribution in [1.82, 2.24) is 5.32 Å². The van der Waals surface area contributed by atoms with Crippen LogP contribution in [0.25, 0.3) is 0 Å². The monoisotopic (exact) mass is 267 g/mol. The average molecular weight is 267 g/mol. The third kappa shape index (κ3) is 13.4. The Morgan fingerprint density at radius 3 is 1.68 bits per heavy atom. The number of carbonyl (C=O) groups excluding carboxylic acids is 1. The van der Waals surface area contributed by atoms with Crippen molar-refractivity contribution in [2.45, 2.75) is 84.5 Å². The molecule has 0 radical (unpaired) electrons. The van der Waals surface area contributed by atoms with E-state index in [1.807, 2.05) is 0 Å². The lowest BCUT2D eigenvalue weighted by Gasteiger charge is -2.04. The maximum absolute atomic E-state index is 11.2. The molecule has 2 nitrogen and oxygen atoms in total. The maximum Gasteiger partial charge on any atom is 0.246 e. The summed E-state index contributed by atoms with van der Waals surface area (Å²) < 4.78 is 0. The molecule has 0 atom stereocenters. The number of amides is 1. The highest BCUT2D eigenvalue weighted by Crippen LogP contribution is 2.10. The molecule has 0 aromatic rings. The fourth-order valence-corrected chi connectivity index (χ4v) is 2.14. The standard InChI is InChI=1S/C17H33NO/c1-4-5-6-7-8-9-10-11-12-13-14-15-18-17(19)16(2)3/h2,4-15H2,1,3H3,(H,18,19). The Labute approximate surface area is 120 Å². The van der Waals surface area contributed by atoms with Crippen molar-refractivity contribution in [2.75, 3.05) is 6.54 Å². The zero-order valence-electron chi connectivity index (χ0n) is 13.1. The fraction of sp³-hybridized carbons (Fsp3) is 0.824. The van der Waals surface area contributed by atoms with Crippen LogP contribution in [0.5, 0.6) is 0 Å². The van der Waals surface area contributed by atoms with Crippen molar-refractivity contribution in [3.63, 3.8) is 0 Å². The topological polar surface area (TPSA) is 29.1 Å². The summed E-state index contributed by atoms with van der Waals surface area (Å²) in [7, 11) is 0. The molecule has 0 aliphatic carbocycles. The van der Waals surface area contributed by atoms with Crippen LogP contribution < -0.4 is 5.32 Å². The molecule has 0 aliphatic rings. The first-order valence-electron chi connectivity index (χ1n) is 8.12. The maximum atomic E-state index is 11.2. The first-order chi connectivity index (χ1) is 9.18. The normalized spacial score (nSPS) is 10.4. The van der Waals surface area contributed by atoms with Gasteiger partial charge < -0.3 is 5.32 Å². The van der Waals surface area contributed by atoms with Crippen LogP contribution in [-0.2, 0) is 4.79 Å². The molecule has 0 rings (SSSR count). The molecule has 0 fully saturated rings. The quantitative estimate of drug-likeness (QED) is 0.369. The van der Waals surface area contributed by atoms with Gasteiger partial charge in [-0.1, -0.05) is 77.7 Å². The summed E-state index contributed by atoms with van der Waals surface area (Å²) in [6.07, 6.45) is 14.7. The fourth-order valence-electron chi connectivity index (χ4n) is 2.14. The highest BCUT2D eigenvalue weighted by atomic mass is 16.1. The molecule has 0 aromatic heterocycles. The first kappa shape index (κ1) is 18.2. The van der Waals surface area contributed by atoms with Gasteiger partial charge in [0.05, 0.1) is 0 Å². The van der Waals surface area contributed by atoms with E-state index in [1.54, 1.807) is 6.92 Å². The van der Waals surface area contributed by atoms with Crippen LogP contribution >= 0.6 is 0 Å². The largest absolute Gasteiger partial charge is 0.352 e. The predicted octanol–water partition coefficient (Wildman–Crippen LogP) is 4.99. The summed E-state index contributed by atoms with van der Waals surface area (Å²) in [5.41, 5.74) is 0.600. The molecule has 2 heteroatoms. The zero-order chi connectivity index (χ0) is 14.3. The van der Waals surface area contributed by atoms with Gasteiger partial charge in [-0.05, 0) is 13.3 Å². The molecule has 0 aromatic carbocycles. The van der Waals surface area contributed by atoms with Crippen LogP contribution in [0, 0.1) is 0 Å². The van der Waals surface area contributed by atoms with Crippen LogP contribution in [0.4, 0.5) is 0 Å². The second kappa shape index (κ2) is 13.6. The van der Waals surface area contributed by atoms with Gasteiger partial charge in [-0.2, -0.15) is 0 Å². The van der Waals surface area contributed by atoms with Crippen molar-refractivity contribution < 1.29 is 4.79 Å². The van der Waals surface area contributed by atoms with E-state index >= 15 is 0 Å². The van der Waals surface area contributed by atoms with Crippen LogP contribution in [-0.4, -0.2) is 12.5 Å². The van der Waals surface area contributed by atoms with Crippen molar-refractivity contribution >= 4 is 5.91 Å². The molecule has 0 saturated carbocycles. The second-order valence-corrected chi connectivity index (χ2v) is 5.57. The zero-order valence-corrected chi connectivity index (χ0v) is 13.1. The van der Waals surface area contributed by atoms with Crippen LogP contribution in [0.15, 0.2) is 12.2 Å². The smallest absolute Gasteiger partial charge is 0.246 e. The lowest BCUT2D eigenvalue weighted by atomic mass is 10.1. The van der Waals surface area contributed by atoms with E-state index in [0.29, 0.717) is 5.57 Å². The minimum absolute atomic E-state index is 0.00733. The summed E-state index contributed by atoms with van der Waals surface area (Å²) >= 11 is 0. The van der Waals surface area contributed by atoms with Crippen molar-refractivity contribution in [3.05, 3.63) is 12.2 Å². The lowest BCUT2D eigenvalue weighted by molar-refractivity contribution is -0.117. The van der Waals surface area contributed by atoms with E-state index in [4.69, 9.17) is 0 Å². The van der Waals surface area contributed by atoms with Gasteiger partial charge in [-0.15, -0.1) is 0 Å². The molecule has 1 amide bonds. The van der Waals surface area contributed by atoms with Gasteiger partial charge in [0, 0.05) is 12.1 Å². The second-order valence-electron chi connectivity index (χ2n) is 5.57. The Balaban J connectivity index is 3.07. The van der Waals surface area contributed by atoms with E-state index < -0.39 is 0 Å². The molecule has 0 saturated heterocycles. The molecule has 0 aliphatic heterocycles. The molecule has 0 bridgehead atoms. The lowest BCUT2D eigenvalue weighted by Crippen LogP contribution is -2.24. The summed E-state index contributed by atoms with van der Waals surface area (Å²) in [5.74, 6) is -0.00733. The molecular formula is C17H33NO. The molecule has 0 heterocycles. The summed E-state index contributed by atoms with van der Waals surface area (Å²) in [5, 5.41) is 2.87. The number of carbonyl (C=O) groups is 1. The number of hydrogen-bond acceptors (Lipinski definition) is 1. The van der Waals surface area contributed by atoms with Gasteiger partial charge in [0.25, 0.3) is 0 Å². The molecular weight excluding hydrogens is 234 g/mol. The Morgan fingerprint density at radius 1 is 0.842 bits per heavy atom. The van der Waals surface area contributed by atoms with Crippen molar-refractivity contribution in [1.29, 1.82) is 0 Å². The first-order valence-corrected chi connectivity index (χ1v) is 8.12. The van der Waals surface area contributed by atoms with Gasteiger partial charge >= 0.3 is 0 Å². The number of nitrogens with one attached hydrogen (secondary N) is 1. The van der Waals surface area contributed by atoms with Gasteiger partial charge in [0.15, 0.2) is 0 Å². The van der Waals surface area contributed by atoms with E-state index in [0.717, 1.165) is 13.0 Å². The predicted molar refractivity (Wildman–Crippen MR) is 84.3 cm³/mol. The van der Waals surface area contributed by atoms with Crippen LogP contribution in [0.2, 0.25) is 0 Å². The van der Waals surface area contributed by atoms with E-state index in [-0.39, 0.29) is 5.91 Å². The third-order valence-electron chi connectivity index (χ3n) is 3.45. The van der Waals surface area contributed by atoms with Crippen molar-refractivity contribution in [3.8, 4) is 0 Å². The van der Waals surface area contributed by atoms with Crippen LogP contribution in [0.1, 0.15) is 84.5 Å². The van der Waals surface area contributed by atoms with Gasteiger partial charge in [0.1, 0.15) is 0 Å². The number of rotatable bonds is 13. The van der Waals surface area contributed by atoms with E-state index in [9.17, 15) is 4.79 Å². The number of unbranched alkanes of at least 4 members (excludes halogenated alkanes) is 10. The molecule has 0 spiro atoms. The minimum Gasteiger partial charge on any atom is -0.352 e. The summed E-state index contributed by atoms with van der Waals surface area (Å²) in [4.78, 5) is 11.2. The summed E-state index contributed by atoms with van der Waals surface area (Å²) in [6.45, 7) is 8.42. The van der Waals surface area contributed by atoms with Crippen molar-refractivity contribution in [2.24, 2.45) is 0 Å². The van der Waals surface area contributed by atoms with E-state index in [1.165, 1.54) is 64.2 Å². The highest BCUT2D eigenvalue weighted by Gasteiger charge is 1.99. The Bertz CT molecular complexity index is 235. The molecule has 1 N–H and O–H groups in total. The SMILES string of the molecule is C=C(C)C(=O)NCCCCCCCCCCCCC.